The minimum Gasteiger partial charge on any atom is -0.478 e. The second-order valence-electron chi connectivity index (χ2n) is 5.77. The highest BCUT2D eigenvalue weighted by atomic mass is 32.1. The first-order chi connectivity index (χ1) is 10.3. The van der Waals surface area contributed by atoms with E-state index in [4.69, 9.17) is 5.11 Å². The van der Waals surface area contributed by atoms with Crippen molar-refractivity contribution in [2.45, 2.75) is 25.8 Å². The number of carboxylic acid groups (broad SMARTS) is 1. The molecule has 0 atom stereocenters. The third kappa shape index (κ3) is 3.36. The summed E-state index contributed by atoms with van der Waals surface area (Å²) in [5.41, 5.74) is 0.587. The molecule has 0 saturated heterocycles. The normalized spacial score (nSPS) is 11.2. The average Bonchev–Trinajstić information content (AvgIpc) is 3.01. The number of benzene rings is 1. The van der Waals surface area contributed by atoms with Crippen LogP contribution in [0.3, 0.4) is 0 Å². The third-order valence-corrected chi connectivity index (χ3v) is 4.83. The standard InChI is InChI=1S/C17H19NO3S/c1-17(2,14-5-4-10-22-14)16(21)18(3)11-12-6-8-13(9-7-12)15(19)20/h4-10H,11H2,1-3H3,(H,19,20). The van der Waals surface area contributed by atoms with Gasteiger partial charge in [-0.1, -0.05) is 18.2 Å². The monoisotopic (exact) mass is 317 g/mol. The third-order valence-electron chi connectivity index (χ3n) is 3.64. The van der Waals surface area contributed by atoms with Crippen molar-refractivity contribution in [2.24, 2.45) is 0 Å². The van der Waals surface area contributed by atoms with Gasteiger partial charge in [0.2, 0.25) is 5.91 Å². The highest BCUT2D eigenvalue weighted by Crippen LogP contribution is 2.29. The van der Waals surface area contributed by atoms with Gasteiger partial charge in [-0.3, -0.25) is 4.79 Å². The lowest BCUT2D eigenvalue weighted by Gasteiger charge is -2.28. The molecule has 0 spiro atoms. The van der Waals surface area contributed by atoms with Crippen LogP contribution in [-0.2, 0) is 16.8 Å². The molecule has 0 radical (unpaired) electrons. The molecule has 0 saturated carbocycles. The van der Waals surface area contributed by atoms with E-state index >= 15 is 0 Å². The number of hydrogen-bond acceptors (Lipinski definition) is 3. The van der Waals surface area contributed by atoms with Crippen molar-refractivity contribution in [3.8, 4) is 0 Å². The zero-order valence-electron chi connectivity index (χ0n) is 12.9. The zero-order valence-corrected chi connectivity index (χ0v) is 13.7. The number of aromatic carboxylic acids is 1. The summed E-state index contributed by atoms with van der Waals surface area (Å²) in [6, 6.07) is 10.5. The number of carboxylic acids is 1. The van der Waals surface area contributed by atoms with Gasteiger partial charge >= 0.3 is 5.97 Å². The summed E-state index contributed by atoms with van der Waals surface area (Å²) in [5.74, 6) is -0.910. The van der Waals surface area contributed by atoms with Crippen LogP contribution in [-0.4, -0.2) is 28.9 Å². The number of thiophene rings is 1. The molecular weight excluding hydrogens is 298 g/mol. The van der Waals surface area contributed by atoms with E-state index in [-0.39, 0.29) is 11.5 Å². The molecule has 1 aromatic carbocycles. The number of hydrogen-bond donors (Lipinski definition) is 1. The lowest BCUT2D eigenvalue weighted by Crippen LogP contribution is -2.40. The minimum absolute atomic E-state index is 0.0391. The van der Waals surface area contributed by atoms with Gasteiger partial charge in [0, 0.05) is 18.5 Å². The number of carbonyl (C=O) groups excluding carboxylic acids is 1. The topological polar surface area (TPSA) is 57.6 Å². The van der Waals surface area contributed by atoms with Gasteiger partial charge in [0.05, 0.1) is 11.0 Å². The molecule has 2 aromatic rings. The summed E-state index contributed by atoms with van der Waals surface area (Å²) < 4.78 is 0. The summed E-state index contributed by atoms with van der Waals surface area (Å²) in [5, 5.41) is 10.9. The van der Waals surface area contributed by atoms with Crippen molar-refractivity contribution in [3.05, 3.63) is 57.8 Å². The molecule has 1 heterocycles. The maximum atomic E-state index is 12.7. The number of nitrogens with zero attached hydrogens (tertiary/aromatic N) is 1. The van der Waals surface area contributed by atoms with Crippen LogP contribution in [0.1, 0.15) is 34.6 Å². The second kappa shape index (κ2) is 6.32. The Labute approximate surface area is 134 Å². The van der Waals surface area contributed by atoms with E-state index in [9.17, 15) is 9.59 Å². The Hall–Kier alpha value is -2.14. The molecule has 4 nitrogen and oxygen atoms in total. The van der Waals surface area contributed by atoms with Crippen LogP contribution in [0.2, 0.25) is 0 Å². The maximum absolute atomic E-state index is 12.7. The van der Waals surface area contributed by atoms with E-state index < -0.39 is 11.4 Å². The molecule has 1 aromatic heterocycles. The van der Waals surface area contributed by atoms with Crippen molar-refractivity contribution < 1.29 is 14.7 Å². The number of rotatable bonds is 5. The summed E-state index contributed by atoms with van der Waals surface area (Å²) in [6.45, 7) is 4.30. The van der Waals surface area contributed by atoms with Gasteiger partial charge in [-0.15, -0.1) is 11.3 Å². The molecule has 0 unspecified atom stereocenters. The molecule has 2 rings (SSSR count). The van der Waals surface area contributed by atoms with E-state index in [1.54, 1.807) is 47.5 Å². The fourth-order valence-electron chi connectivity index (χ4n) is 2.32. The predicted octanol–water partition coefficient (Wildman–Crippen LogP) is 3.38. The highest BCUT2D eigenvalue weighted by molar-refractivity contribution is 7.10. The molecule has 0 fully saturated rings. The maximum Gasteiger partial charge on any atom is 0.335 e. The molecule has 0 bridgehead atoms. The lowest BCUT2D eigenvalue weighted by atomic mass is 9.89. The van der Waals surface area contributed by atoms with Crippen LogP contribution >= 0.6 is 11.3 Å². The highest BCUT2D eigenvalue weighted by Gasteiger charge is 2.33. The Kier molecular flexibility index (Phi) is 4.66. The summed E-state index contributed by atoms with van der Waals surface area (Å²) in [4.78, 5) is 26.2. The Balaban J connectivity index is 2.09. The van der Waals surface area contributed by atoms with Crippen LogP contribution in [0, 0.1) is 0 Å². The lowest BCUT2D eigenvalue weighted by molar-refractivity contribution is -0.135. The summed E-state index contributed by atoms with van der Waals surface area (Å²) >= 11 is 1.57. The molecule has 0 aliphatic carbocycles. The fourth-order valence-corrected chi connectivity index (χ4v) is 3.16. The SMILES string of the molecule is CN(Cc1ccc(C(=O)O)cc1)C(=O)C(C)(C)c1cccs1. The van der Waals surface area contributed by atoms with Crippen LogP contribution in [0.25, 0.3) is 0 Å². The molecule has 0 aliphatic rings. The van der Waals surface area contributed by atoms with Crippen molar-refractivity contribution >= 4 is 23.2 Å². The van der Waals surface area contributed by atoms with Gasteiger partial charge in [-0.05, 0) is 43.0 Å². The van der Waals surface area contributed by atoms with Crippen molar-refractivity contribution in [1.29, 1.82) is 0 Å². The Morgan fingerprint density at radius 1 is 1.18 bits per heavy atom. The molecular formula is C17H19NO3S. The molecule has 5 heteroatoms. The zero-order chi connectivity index (χ0) is 16.3. The smallest absolute Gasteiger partial charge is 0.335 e. The Morgan fingerprint density at radius 3 is 2.32 bits per heavy atom. The number of carbonyl (C=O) groups is 2. The number of likely N-dealkylation sites (N-methyl/N-ethyl adjacent to an activating group) is 1. The van der Waals surface area contributed by atoms with Crippen molar-refractivity contribution in [3.63, 3.8) is 0 Å². The van der Waals surface area contributed by atoms with Gasteiger partial charge in [-0.2, -0.15) is 0 Å². The minimum atomic E-state index is -0.949. The fraction of sp³-hybridized carbons (Fsp3) is 0.294. The average molecular weight is 317 g/mol. The number of amides is 1. The van der Waals surface area contributed by atoms with E-state index in [1.807, 2.05) is 31.4 Å². The van der Waals surface area contributed by atoms with Crippen LogP contribution < -0.4 is 0 Å². The van der Waals surface area contributed by atoms with Crippen LogP contribution in [0.5, 0.6) is 0 Å². The van der Waals surface area contributed by atoms with Gasteiger partial charge < -0.3 is 10.0 Å². The van der Waals surface area contributed by atoms with E-state index in [0.29, 0.717) is 6.54 Å². The first-order valence-corrected chi connectivity index (χ1v) is 7.82. The quantitative estimate of drug-likeness (QED) is 0.919. The van der Waals surface area contributed by atoms with Gasteiger partial charge in [0.25, 0.3) is 0 Å². The van der Waals surface area contributed by atoms with Gasteiger partial charge in [0.1, 0.15) is 0 Å². The van der Waals surface area contributed by atoms with Gasteiger partial charge in [0.15, 0.2) is 0 Å². The van der Waals surface area contributed by atoms with Crippen molar-refractivity contribution in [2.75, 3.05) is 7.05 Å². The second-order valence-corrected chi connectivity index (χ2v) is 6.71. The Bertz CT molecular complexity index is 660. The largest absolute Gasteiger partial charge is 0.478 e. The van der Waals surface area contributed by atoms with E-state index in [2.05, 4.69) is 0 Å². The van der Waals surface area contributed by atoms with Crippen molar-refractivity contribution in [1.82, 2.24) is 4.90 Å². The van der Waals surface area contributed by atoms with E-state index in [1.165, 1.54) is 0 Å². The molecule has 116 valence electrons. The Morgan fingerprint density at radius 2 is 1.82 bits per heavy atom. The summed E-state index contributed by atoms with van der Waals surface area (Å²) in [6.07, 6.45) is 0. The molecule has 1 N–H and O–H groups in total. The van der Waals surface area contributed by atoms with Crippen LogP contribution in [0.4, 0.5) is 0 Å². The molecule has 1 amide bonds. The molecule has 22 heavy (non-hydrogen) atoms. The molecule has 0 aliphatic heterocycles. The first kappa shape index (κ1) is 16.2. The van der Waals surface area contributed by atoms with Gasteiger partial charge in [-0.25, -0.2) is 4.79 Å². The van der Waals surface area contributed by atoms with E-state index in [0.717, 1.165) is 10.4 Å². The first-order valence-electron chi connectivity index (χ1n) is 6.94. The summed E-state index contributed by atoms with van der Waals surface area (Å²) in [7, 11) is 1.77. The van der Waals surface area contributed by atoms with Crippen LogP contribution in [0.15, 0.2) is 41.8 Å². The predicted molar refractivity (Wildman–Crippen MR) is 87.2 cm³/mol.